The molecule has 0 aliphatic heterocycles. The van der Waals surface area contributed by atoms with Gasteiger partial charge in [-0.3, -0.25) is 10.0 Å². The Morgan fingerprint density at radius 1 is 1.07 bits per heavy atom. The number of amides is 1. The molecule has 1 aromatic heterocycles. The van der Waals surface area contributed by atoms with Crippen LogP contribution in [0.1, 0.15) is 49.3 Å². The number of likely N-dealkylation sites (N-methyl/N-ethyl adjacent to an activating group) is 1. The van der Waals surface area contributed by atoms with Gasteiger partial charge < -0.3 is 4.74 Å². The number of pyridine rings is 1. The summed E-state index contributed by atoms with van der Waals surface area (Å²) >= 11 is 0. The van der Waals surface area contributed by atoms with Crippen LogP contribution in [0.3, 0.4) is 0 Å². The molecule has 5 heteroatoms. The molecule has 1 heterocycles. The lowest BCUT2D eigenvalue weighted by atomic mass is 9.76. The van der Waals surface area contributed by atoms with Gasteiger partial charge >= 0.3 is 0 Å². The summed E-state index contributed by atoms with van der Waals surface area (Å²) in [5, 5.41) is 11.6. The molecule has 1 amide bonds. The average molecular weight is 405 g/mol. The van der Waals surface area contributed by atoms with Crippen LogP contribution in [0.2, 0.25) is 0 Å². The Balaban J connectivity index is 1.46. The third kappa shape index (κ3) is 4.62. The van der Waals surface area contributed by atoms with Crippen LogP contribution in [0, 0.1) is 5.92 Å². The maximum absolute atomic E-state index is 12.7. The fourth-order valence-corrected chi connectivity index (χ4v) is 4.40. The number of aromatic nitrogens is 1. The van der Waals surface area contributed by atoms with E-state index in [1.807, 2.05) is 54.6 Å². The van der Waals surface area contributed by atoms with E-state index in [0.717, 1.165) is 58.7 Å². The maximum atomic E-state index is 12.7. The molecule has 5 nitrogen and oxygen atoms in total. The molecule has 3 aromatic rings. The summed E-state index contributed by atoms with van der Waals surface area (Å²) < 4.78 is 5.92. The maximum Gasteiger partial charge on any atom is 0.253 e. The number of hydroxylamine groups is 2. The molecule has 0 spiro atoms. The molecule has 1 aliphatic carbocycles. The van der Waals surface area contributed by atoms with Crippen LogP contribution in [0.5, 0.6) is 5.75 Å². The molecular weight excluding hydrogens is 376 g/mol. The molecule has 4 rings (SSSR count). The highest BCUT2D eigenvalue weighted by molar-refractivity contribution is 5.83. The Morgan fingerprint density at radius 3 is 2.53 bits per heavy atom. The summed E-state index contributed by atoms with van der Waals surface area (Å²) in [7, 11) is 1.41. The largest absolute Gasteiger partial charge is 0.487 e. The zero-order chi connectivity index (χ0) is 20.9. The van der Waals surface area contributed by atoms with Gasteiger partial charge in [-0.2, -0.15) is 0 Å². The predicted octanol–water partition coefficient (Wildman–Crippen LogP) is 5.33. The fraction of sp³-hybridized carbons (Fsp3) is 0.360. The molecule has 0 radical (unpaired) electrons. The molecule has 1 N–H and O–H groups in total. The van der Waals surface area contributed by atoms with Crippen molar-refractivity contribution in [2.75, 3.05) is 7.05 Å². The van der Waals surface area contributed by atoms with E-state index in [0.29, 0.717) is 6.61 Å². The Labute approximate surface area is 177 Å². The van der Waals surface area contributed by atoms with Crippen molar-refractivity contribution >= 4 is 16.8 Å². The molecule has 0 bridgehead atoms. The van der Waals surface area contributed by atoms with Crippen molar-refractivity contribution in [3.05, 3.63) is 71.9 Å². The number of carbonyl (C=O) groups is 1. The molecule has 1 aliphatic rings. The number of para-hydroxylation sites is 1. The quantitative estimate of drug-likeness (QED) is 0.446. The molecule has 156 valence electrons. The molecule has 1 unspecified atom stereocenters. The highest BCUT2D eigenvalue weighted by atomic mass is 16.5. The first-order valence-corrected chi connectivity index (χ1v) is 10.7. The molecular formula is C25H28N2O3. The standard InChI is InChI=1S/C25H28N2O3/c1-27(29)25(28)24(19-8-3-2-4-9-19)20-12-15-22(16-13-20)30-17-21-14-11-18-7-5-6-10-23(18)26-21/h5-7,10-16,19,24,29H,2-4,8-9,17H2,1H3. The Kier molecular flexibility index (Phi) is 6.29. The lowest BCUT2D eigenvalue weighted by Gasteiger charge is -2.31. The number of carbonyl (C=O) groups excluding carboxylic acids is 1. The van der Waals surface area contributed by atoms with E-state index >= 15 is 0 Å². The topological polar surface area (TPSA) is 62.7 Å². The van der Waals surface area contributed by atoms with Crippen LogP contribution in [0.25, 0.3) is 10.9 Å². The van der Waals surface area contributed by atoms with Crippen molar-refractivity contribution in [1.29, 1.82) is 0 Å². The van der Waals surface area contributed by atoms with Gasteiger partial charge in [-0.1, -0.05) is 55.7 Å². The summed E-state index contributed by atoms with van der Waals surface area (Å²) in [6, 6.07) is 19.7. The number of hydrogen-bond donors (Lipinski definition) is 1. The number of ether oxygens (including phenoxy) is 1. The van der Waals surface area contributed by atoms with Gasteiger partial charge in [-0.15, -0.1) is 0 Å². The SMILES string of the molecule is CN(O)C(=O)C(c1ccc(OCc2ccc3ccccc3n2)cc1)C1CCCCC1. The van der Waals surface area contributed by atoms with Gasteiger partial charge in [-0.25, -0.2) is 10.0 Å². The fourth-order valence-electron chi connectivity index (χ4n) is 4.40. The lowest BCUT2D eigenvalue weighted by Crippen LogP contribution is -2.33. The van der Waals surface area contributed by atoms with Crippen LogP contribution < -0.4 is 4.74 Å². The third-order valence-electron chi connectivity index (χ3n) is 5.99. The normalized spacial score (nSPS) is 15.7. The second kappa shape index (κ2) is 9.26. The summed E-state index contributed by atoms with van der Waals surface area (Å²) in [6.07, 6.45) is 5.56. The highest BCUT2D eigenvalue weighted by Crippen LogP contribution is 2.37. The van der Waals surface area contributed by atoms with Gasteiger partial charge in [0, 0.05) is 12.4 Å². The van der Waals surface area contributed by atoms with E-state index in [9.17, 15) is 10.0 Å². The van der Waals surface area contributed by atoms with Crippen molar-refractivity contribution in [2.45, 2.75) is 44.6 Å². The van der Waals surface area contributed by atoms with Crippen LogP contribution in [0.15, 0.2) is 60.7 Å². The molecule has 30 heavy (non-hydrogen) atoms. The van der Waals surface area contributed by atoms with Gasteiger partial charge in [0.05, 0.1) is 17.1 Å². The van der Waals surface area contributed by atoms with Crippen LogP contribution in [0.4, 0.5) is 0 Å². The first-order chi connectivity index (χ1) is 14.6. The number of nitrogens with zero attached hydrogens (tertiary/aromatic N) is 2. The average Bonchev–Trinajstić information content (AvgIpc) is 2.79. The van der Waals surface area contributed by atoms with E-state index in [2.05, 4.69) is 11.1 Å². The van der Waals surface area contributed by atoms with E-state index in [1.54, 1.807) is 0 Å². The third-order valence-corrected chi connectivity index (χ3v) is 5.99. The highest BCUT2D eigenvalue weighted by Gasteiger charge is 2.32. The van der Waals surface area contributed by atoms with Crippen LogP contribution in [-0.2, 0) is 11.4 Å². The van der Waals surface area contributed by atoms with Crippen LogP contribution >= 0.6 is 0 Å². The van der Waals surface area contributed by atoms with Gasteiger partial charge in [-0.05, 0) is 48.6 Å². The summed E-state index contributed by atoms with van der Waals surface area (Å²) in [4.78, 5) is 17.3. The first-order valence-electron chi connectivity index (χ1n) is 10.7. The minimum atomic E-state index is -0.309. The molecule has 0 saturated heterocycles. The Bertz CT molecular complexity index is 995. The van der Waals surface area contributed by atoms with Gasteiger partial charge in [0.2, 0.25) is 0 Å². The van der Waals surface area contributed by atoms with Crippen molar-refractivity contribution in [2.24, 2.45) is 5.92 Å². The zero-order valence-electron chi connectivity index (χ0n) is 17.3. The van der Waals surface area contributed by atoms with E-state index < -0.39 is 0 Å². The van der Waals surface area contributed by atoms with Crippen molar-refractivity contribution in [1.82, 2.24) is 10.0 Å². The number of rotatable bonds is 6. The zero-order valence-corrected chi connectivity index (χ0v) is 17.3. The summed E-state index contributed by atoms with van der Waals surface area (Å²) in [5.74, 6) is 0.461. The van der Waals surface area contributed by atoms with Crippen LogP contribution in [-0.4, -0.2) is 28.2 Å². The second-order valence-corrected chi connectivity index (χ2v) is 8.09. The van der Waals surface area contributed by atoms with Crippen molar-refractivity contribution in [3.8, 4) is 5.75 Å². The predicted molar refractivity (Wildman–Crippen MR) is 116 cm³/mol. The van der Waals surface area contributed by atoms with E-state index in [1.165, 1.54) is 13.5 Å². The summed E-state index contributed by atoms with van der Waals surface area (Å²) in [6.45, 7) is 0.383. The molecule has 1 fully saturated rings. The number of hydrogen-bond acceptors (Lipinski definition) is 4. The number of benzene rings is 2. The van der Waals surface area contributed by atoms with Crippen molar-refractivity contribution in [3.63, 3.8) is 0 Å². The Hall–Kier alpha value is -2.92. The smallest absolute Gasteiger partial charge is 0.253 e. The van der Waals surface area contributed by atoms with Gasteiger partial charge in [0.25, 0.3) is 5.91 Å². The van der Waals surface area contributed by atoms with Gasteiger partial charge in [0.1, 0.15) is 12.4 Å². The van der Waals surface area contributed by atoms with E-state index in [4.69, 9.17) is 4.74 Å². The second-order valence-electron chi connectivity index (χ2n) is 8.09. The minimum Gasteiger partial charge on any atom is -0.487 e. The molecule has 1 saturated carbocycles. The molecule has 2 aromatic carbocycles. The van der Waals surface area contributed by atoms with Crippen molar-refractivity contribution < 1.29 is 14.7 Å². The minimum absolute atomic E-state index is 0.240. The molecule has 1 atom stereocenters. The first kappa shape index (κ1) is 20.4. The Morgan fingerprint density at radius 2 is 1.80 bits per heavy atom. The van der Waals surface area contributed by atoms with Gasteiger partial charge in [0.15, 0.2) is 0 Å². The van der Waals surface area contributed by atoms with E-state index in [-0.39, 0.29) is 17.7 Å². The monoisotopic (exact) mass is 404 g/mol. The number of fused-ring (bicyclic) bond motifs is 1. The summed E-state index contributed by atoms with van der Waals surface area (Å²) in [5.41, 5.74) is 2.76. The lowest BCUT2D eigenvalue weighted by molar-refractivity contribution is -0.162.